The quantitative estimate of drug-likeness (QED) is 0.602. The van der Waals surface area contributed by atoms with Crippen molar-refractivity contribution < 1.29 is 19.1 Å². The molecule has 150 valence electrons. The topological polar surface area (TPSA) is 97.4 Å². The van der Waals surface area contributed by atoms with Crippen LogP contribution in [-0.2, 0) is 9.53 Å². The van der Waals surface area contributed by atoms with Crippen molar-refractivity contribution in [2.24, 2.45) is 0 Å². The Morgan fingerprint density at radius 2 is 1.83 bits per heavy atom. The number of rotatable bonds is 6. The molecule has 0 spiro atoms. The van der Waals surface area contributed by atoms with Crippen LogP contribution < -0.4 is 10.6 Å². The van der Waals surface area contributed by atoms with Gasteiger partial charge in [0.2, 0.25) is 0 Å². The number of hydrogen-bond acceptors (Lipinski definition) is 6. The first-order valence-electron chi connectivity index (χ1n) is 9.20. The molecule has 0 fully saturated rings. The predicted octanol–water partition coefficient (Wildman–Crippen LogP) is 3.74. The van der Waals surface area contributed by atoms with Gasteiger partial charge in [-0.05, 0) is 31.5 Å². The van der Waals surface area contributed by atoms with Crippen molar-refractivity contribution in [1.29, 1.82) is 0 Å². The number of para-hydroxylation sites is 1. The van der Waals surface area contributed by atoms with E-state index in [0.29, 0.717) is 16.1 Å². The minimum atomic E-state index is -0.698. The number of esters is 1. The van der Waals surface area contributed by atoms with Crippen molar-refractivity contribution >= 4 is 39.5 Å². The van der Waals surface area contributed by atoms with Crippen LogP contribution in [0.15, 0.2) is 48.5 Å². The second-order valence-electron chi connectivity index (χ2n) is 6.44. The van der Waals surface area contributed by atoms with E-state index in [-0.39, 0.29) is 6.04 Å². The Labute approximate surface area is 172 Å². The number of nitrogens with one attached hydrogen (secondary N) is 2. The number of benzene rings is 2. The number of hydrogen-bond donors (Lipinski definition) is 2. The summed E-state index contributed by atoms with van der Waals surface area (Å²) in [4.78, 5) is 40.7. The normalized spacial score (nSPS) is 11.7. The average Bonchev–Trinajstić information content (AvgIpc) is 3.16. The van der Waals surface area contributed by atoms with Gasteiger partial charge in [0.15, 0.2) is 6.61 Å². The summed E-state index contributed by atoms with van der Waals surface area (Å²) in [6.45, 7) is 3.18. The summed E-state index contributed by atoms with van der Waals surface area (Å²) in [6, 6.07) is 14.0. The molecule has 0 aliphatic rings. The van der Waals surface area contributed by atoms with Crippen LogP contribution in [0, 0.1) is 0 Å². The lowest BCUT2D eigenvalue weighted by atomic mass is 10.1. The van der Waals surface area contributed by atoms with Gasteiger partial charge >= 0.3 is 12.0 Å². The molecule has 0 saturated heterocycles. The third kappa shape index (κ3) is 5.17. The van der Waals surface area contributed by atoms with Crippen molar-refractivity contribution in [3.05, 3.63) is 54.1 Å². The fourth-order valence-electron chi connectivity index (χ4n) is 2.57. The van der Waals surface area contributed by atoms with Crippen molar-refractivity contribution in [3.63, 3.8) is 0 Å². The summed E-state index contributed by atoms with van der Waals surface area (Å²) in [5.41, 5.74) is 1.79. The number of carbonyl (C=O) groups is 3. The number of nitrogens with zero attached hydrogens (tertiary/aromatic N) is 1. The standard InChI is InChI=1S/C21H21N3O4S/c1-3-13(2)22-21(27)24-18(25)12-28-20(26)15-9-5-4-8-14(15)19-23-16-10-6-7-11-17(16)29-19/h4-11,13H,3,12H2,1-2H3,(H2,22,24,25,27)/t13-/m1/s1. The SMILES string of the molecule is CC[C@@H](C)NC(=O)NC(=O)COC(=O)c1ccccc1-c1nc2ccccc2s1. The van der Waals surface area contributed by atoms with Gasteiger partial charge in [0, 0.05) is 11.6 Å². The van der Waals surface area contributed by atoms with Gasteiger partial charge in [0.05, 0.1) is 15.8 Å². The molecule has 0 unspecified atom stereocenters. The molecule has 0 bridgehead atoms. The molecule has 2 aromatic carbocycles. The number of ether oxygens (including phenoxy) is 1. The molecule has 1 aromatic heterocycles. The first-order chi connectivity index (χ1) is 14.0. The second-order valence-corrected chi connectivity index (χ2v) is 7.47. The summed E-state index contributed by atoms with van der Waals surface area (Å²) in [5.74, 6) is -1.35. The van der Waals surface area contributed by atoms with Crippen molar-refractivity contribution in [1.82, 2.24) is 15.6 Å². The molecule has 0 radical (unpaired) electrons. The fourth-order valence-corrected chi connectivity index (χ4v) is 3.57. The zero-order chi connectivity index (χ0) is 20.8. The van der Waals surface area contributed by atoms with Crippen LogP contribution in [0.3, 0.4) is 0 Å². The Kier molecular flexibility index (Phi) is 6.56. The molecular formula is C21H21N3O4S. The summed E-state index contributed by atoms with van der Waals surface area (Å²) in [5, 5.41) is 5.44. The monoisotopic (exact) mass is 411 g/mol. The molecule has 0 aliphatic heterocycles. The second kappa shape index (κ2) is 9.29. The summed E-state index contributed by atoms with van der Waals surface area (Å²) in [7, 11) is 0. The lowest BCUT2D eigenvalue weighted by molar-refractivity contribution is -0.123. The van der Waals surface area contributed by atoms with Crippen molar-refractivity contribution in [3.8, 4) is 10.6 Å². The maximum atomic E-state index is 12.5. The Balaban J connectivity index is 1.67. The van der Waals surface area contributed by atoms with E-state index in [9.17, 15) is 14.4 Å². The number of urea groups is 1. The lowest BCUT2D eigenvalue weighted by Crippen LogP contribution is -2.44. The first kappa shape index (κ1) is 20.5. The highest BCUT2D eigenvalue weighted by molar-refractivity contribution is 7.21. The number of fused-ring (bicyclic) bond motifs is 1. The minimum Gasteiger partial charge on any atom is -0.452 e. The predicted molar refractivity (Wildman–Crippen MR) is 112 cm³/mol. The molecular weight excluding hydrogens is 390 g/mol. The number of amides is 3. The summed E-state index contributed by atoms with van der Waals surface area (Å²) in [6.07, 6.45) is 0.735. The summed E-state index contributed by atoms with van der Waals surface area (Å²) >= 11 is 1.47. The van der Waals surface area contributed by atoms with Crippen LogP contribution in [0.2, 0.25) is 0 Å². The molecule has 0 saturated carbocycles. The van der Waals surface area contributed by atoms with Crippen LogP contribution in [0.1, 0.15) is 30.6 Å². The van der Waals surface area contributed by atoms with Crippen molar-refractivity contribution in [2.45, 2.75) is 26.3 Å². The Morgan fingerprint density at radius 3 is 2.59 bits per heavy atom. The molecule has 7 nitrogen and oxygen atoms in total. The Bertz CT molecular complexity index is 1010. The zero-order valence-electron chi connectivity index (χ0n) is 16.1. The smallest absolute Gasteiger partial charge is 0.339 e. The number of thiazole rings is 1. The molecule has 8 heteroatoms. The average molecular weight is 411 g/mol. The van der Waals surface area contributed by atoms with Gasteiger partial charge in [0.1, 0.15) is 5.01 Å². The highest BCUT2D eigenvalue weighted by Crippen LogP contribution is 2.32. The van der Waals surface area contributed by atoms with Gasteiger partial charge in [-0.1, -0.05) is 37.3 Å². The van der Waals surface area contributed by atoms with Crippen LogP contribution in [-0.4, -0.2) is 35.5 Å². The van der Waals surface area contributed by atoms with Crippen molar-refractivity contribution in [2.75, 3.05) is 6.61 Å². The van der Waals surface area contributed by atoms with E-state index >= 15 is 0 Å². The third-order valence-corrected chi connectivity index (χ3v) is 5.32. The van der Waals surface area contributed by atoms with E-state index < -0.39 is 24.5 Å². The van der Waals surface area contributed by atoms with Crippen LogP contribution in [0.25, 0.3) is 20.8 Å². The van der Waals surface area contributed by atoms with Crippen LogP contribution >= 0.6 is 11.3 Å². The molecule has 1 heterocycles. The Hall–Kier alpha value is -3.26. The van der Waals surface area contributed by atoms with Crippen LogP contribution in [0.5, 0.6) is 0 Å². The molecule has 3 aromatic rings. The van der Waals surface area contributed by atoms with E-state index in [0.717, 1.165) is 16.6 Å². The number of imide groups is 1. The minimum absolute atomic E-state index is 0.0639. The number of aromatic nitrogens is 1. The number of carbonyl (C=O) groups excluding carboxylic acids is 3. The molecule has 29 heavy (non-hydrogen) atoms. The van der Waals surface area contributed by atoms with Gasteiger partial charge in [-0.25, -0.2) is 14.6 Å². The van der Waals surface area contributed by atoms with Gasteiger partial charge in [-0.15, -0.1) is 11.3 Å². The maximum absolute atomic E-state index is 12.5. The van der Waals surface area contributed by atoms with Gasteiger partial charge in [-0.2, -0.15) is 0 Å². The van der Waals surface area contributed by atoms with E-state index in [4.69, 9.17) is 4.74 Å². The largest absolute Gasteiger partial charge is 0.452 e. The first-order valence-corrected chi connectivity index (χ1v) is 10.0. The van der Waals surface area contributed by atoms with E-state index in [1.54, 1.807) is 18.2 Å². The van der Waals surface area contributed by atoms with Gasteiger partial charge in [-0.3, -0.25) is 10.1 Å². The van der Waals surface area contributed by atoms with E-state index in [1.165, 1.54) is 11.3 Å². The highest BCUT2D eigenvalue weighted by Gasteiger charge is 2.18. The van der Waals surface area contributed by atoms with E-state index in [1.807, 2.05) is 44.2 Å². The third-order valence-electron chi connectivity index (χ3n) is 4.25. The highest BCUT2D eigenvalue weighted by atomic mass is 32.1. The zero-order valence-corrected chi connectivity index (χ0v) is 16.9. The molecule has 2 N–H and O–H groups in total. The molecule has 1 atom stereocenters. The molecule has 0 aliphatic carbocycles. The van der Waals surface area contributed by atoms with Gasteiger partial charge < -0.3 is 10.1 Å². The van der Waals surface area contributed by atoms with Gasteiger partial charge in [0.25, 0.3) is 5.91 Å². The fraction of sp³-hybridized carbons (Fsp3) is 0.238. The van der Waals surface area contributed by atoms with E-state index in [2.05, 4.69) is 15.6 Å². The lowest BCUT2D eigenvalue weighted by Gasteiger charge is -2.12. The summed E-state index contributed by atoms with van der Waals surface area (Å²) < 4.78 is 6.12. The molecule has 3 amide bonds. The van der Waals surface area contributed by atoms with Crippen LogP contribution in [0.4, 0.5) is 4.79 Å². The molecule has 3 rings (SSSR count). The Morgan fingerprint density at radius 1 is 1.10 bits per heavy atom. The maximum Gasteiger partial charge on any atom is 0.339 e.